The van der Waals surface area contributed by atoms with Crippen LogP contribution in [-0.2, 0) is 11.3 Å². The molecule has 0 fully saturated rings. The summed E-state index contributed by atoms with van der Waals surface area (Å²) in [4.78, 5) is 24.3. The number of hydrogen-bond donors (Lipinski definition) is 3. The Morgan fingerprint density at radius 2 is 1.59 bits per heavy atom. The second-order valence-corrected chi connectivity index (χ2v) is 6.38. The van der Waals surface area contributed by atoms with Gasteiger partial charge in [0, 0.05) is 23.5 Å². The van der Waals surface area contributed by atoms with E-state index in [-0.39, 0.29) is 18.4 Å². The molecule has 3 N–H and O–H groups in total. The molecule has 0 aliphatic heterocycles. The lowest BCUT2D eigenvalue weighted by Crippen LogP contribution is -2.29. The molecular weight excluding hydrogens is 366 g/mol. The molecule has 0 unspecified atom stereocenters. The van der Waals surface area contributed by atoms with Crippen molar-refractivity contribution >= 4 is 23.2 Å². The quantitative estimate of drug-likeness (QED) is 0.549. The third-order valence-corrected chi connectivity index (χ3v) is 4.26. The number of carbonyl (C=O) groups excluding carboxylic acids is 2. The third-order valence-electron chi connectivity index (χ3n) is 4.26. The molecule has 148 valence electrons. The van der Waals surface area contributed by atoms with Crippen molar-refractivity contribution in [2.24, 2.45) is 0 Å². The molecule has 0 atom stereocenters. The molecule has 0 aliphatic rings. The maximum absolute atomic E-state index is 12.2. The van der Waals surface area contributed by atoms with Crippen molar-refractivity contribution in [2.45, 2.75) is 6.54 Å². The molecule has 2 amide bonds. The first-order chi connectivity index (χ1) is 14.1. The lowest BCUT2D eigenvalue weighted by Gasteiger charge is -2.10. The van der Waals surface area contributed by atoms with Crippen molar-refractivity contribution in [1.82, 2.24) is 5.32 Å². The monoisotopic (exact) mass is 389 g/mol. The molecule has 29 heavy (non-hydrogen) atoms. The molecule has 0 spiro atoms. The van der Waals surface area contributed by atoms with Gasteiger partial charge in [-0.3, -0.25) is 9.59 Å². The van der Waals surface area contributed by atoms with Gasteiger partial charge < -0.3 is 20.7 Å². The van der Waals surface area contributed by atoms with Crippen LogP contribution in [0.2, 0.25) is 0 Å². The number of amides is 2. The number of rotatable bonds is 8. The van der Waals surface area contributed by atoms with Crippen LogP contribution in [0.4, 0.5) is 11.4 Å². The van der Waals surface area contributed by atoms with Gasteiger partial charge in [0.2, 0.25) is 5.91 Å². The van der Waals surface area contributed by atoms with E-state index >= 15 is 0 Å². The molecule has 0 aliphatic carbocycles. The summed E-state index contributed by atoms with van der Waals surface area (Å²) in [5, 5.41) is 8.78. The molecule has 0 saturated heterocycles. The van der Waals surface area contributed by atoms with E-state index in [0.717, 1.165) is 17.0 Å². The van der Waals surface area contributed by atoms with E-state index in [9.17, 15) is 9.59 Å². The van der Waals surface area contributed by atoms with E-state index in [1.54, 1.807) is 31.4 Å². The number of carbonyl (C=O) groups is 2. The Kier molecular flexibility index (Phi) is 6.84. The first kappa shape index (κ1) is 19.9. The first-order valence-corrected chi connectivity index (χ1v) is 9.24. The fourth-order valence-corrected chi connectivity index (χ4v) is 2.69. The van der Waals surface area contributed by atoms with Crippen molar-refractivity contribution in [3.8, 4) is 5.75 Å². The zero-order valence-electron chi connectivity index (χ0n) is 16.1. The summed E-state index contributed by atoms with van der Waals surface area (Å²) in [6, 6.07) is 23.8. The van der Waals surface area contributed by atoms with Crippen LogP contribution < -0.4 is 20.7 Å². The topological polar surface area (TPSA) is 79.5 Å². The van der Waals surface area contributed by atoms with E-state index in [0.29, 0.717) is 17.8 Å². The number of anilines is 2. The Balaban J connectivity index is 1.48. The van der Waals surface area contributed by atoms with Crippen LogP contribution >= 0.6 is 0 Å². The average molecular weight is 389 g/mol. The van der Waals surface area contributed by atoms with Gasteiger partial charge in [-0.05, 0) is 48.0 Å². The number of nitrogens with one attached hydrogen (secondary N) is 3. The third kappa shape index (κ3) is 6.10. The predicted molar refractivity (Wildman–Crippen MR) is 114 cm³/mol. The van der Waals surface area contributed by atoms with Gasteiger partial charge in [0.05, 0.1) is 13.7 Å². The summed E-state index contributed by atoms with van der Waals surface area (Å²) in [5.41, 5.74) is 2.98. The Morgan fingerprint density at radius 1 is 0.862 bits per heavy atom. The van der Waals surface area contributed by atoms with Crippen LogP contribution in [0, 0.1) is 0 Å². The minimum absolute atomic E-state index is 0.125. The molecular formula is C23H23N3O3. The fraction of sp³-hybridized carbons (Fsp3) is 0.130. The molecule has 0 radical (unpaired) electrons. The zero-order valence-corrected chi connectivity index (χ0v) is 16.1. The Morgan fingerprint density at radius 3 is 2.31 bits per heavy atom. The lowest BCUT2D eigenvalue weighted by atomic mass is 10.2. The molecule has 0 saturated carbocycles. The van der Waals surface area contributed by atoms with E-state index in [1.807, 2.05) is 54.6 Å². The number of ether oxygens (including phenoxy) is 1. The highest BCUT2D eigenvalue weighted by atomic mass is 16.5. The summed E-state index contributed by atoms with van der Waals surface area (Å²) in [6.07, 6.45) is 0. The van der Waals surface area contributed by atoms with Crippen molar-refractivity contribution in [1.29, 1.82) is 0 Å². The van der Waals surface area contributed by atoms with E-state index < -0.39 is 0 Å². The molecule has 0 heterocycles. The second kappa shape index (κ2) is 9.94. The highest BCUT2D eigenvalue weighted by Crippen LogP contribution is 2.16. The standard InChI is InChI=1S/C23H23N3O3/c1-29-21-12-10-17(11-13-21)15-25-22(27)16-24-19-8-5-9-20(14-19)26-23(28)18-6-3-2-4-7-18/h2-14,24H,15-16H2,1H3,(H,25,27)(H,26,28). The van der Waals surface area contributed by atoms with Crippen LogP contribution in [0.15, 0.2) is 78.9 Å². The average Bonchev–Trinajstić information content (AvgIpc) is 2.77. The smallest absolute Gasteiger partial charge is 0.255 e. The Bertz CT molecular complexity index is 957. The molecule has 0 bridgehead atoms. The highest BCUT2D eigenvalue weighted by molar-refractivity contribution is 6.04. The van der Waals surface area contributed by atoms with Gasteiger partial charge in [0.25, 0.3) is 5.91 Å². The van der Waals surface area contributed by atoms with E-state index in [2.05, 4.69) is 16.0 Å². The van der Waals surface area contributed by atoms with Gasteiger partial charge in [0.1, 0.15) is 5.75 Å². The van der Waals surface area contributed by atoms with Crippen LogP contribution in [0.25, 0.3) is 0 Å². The van der Waals surface area contributed by atoms with Gasteiger partial charge in [0.15, 0.2) is 0 Å². The molecule has 3 aromatic rings. The number of methoxy groups -OCH3 is 1. The fourth-order valence-electron chi connectivity index (χ4n) is 2.69. The van der Waals surface area contributed by atoms with Crippen LogP contribution in [-0.4, -0.2) is 25.5 Å². The SMILES string of the molecule is COc1ccc(CNC(=O)CNc2cccc(NC(=O)c3ccccc3)c2)cc1. The highest BCUT2D eigenvalue weighted by Gasteiger charge is 2.06. The number of benzene rings is 3. The van der Waals surface area contributed by atoms with E-state index in [1.165, 1.54) is 0 Å². The minimum Gasteiger partial charge on any atom is -0.497 e. The normalized spacial score (nSPS) is 10.1. The van der Waals surface area contributed by atoms with Crippen molar-refractivity contribution in [2.75, 3.05) is 24.3 Å². The summed E-state index contributed by atoms with van der Waals surface area (Å²) >= 11 is 0. The minimum atomic E-state index is -0.181. The largest absolute Gasteiger partial charge is 0.497 e. The van der Waals surface area contributed by atoms with E-state index in [4.69, 9.17) is 4.74 Å². The molecule has 6 heteroatoms. The van der Waals surface area contributed by atoms with Gasteiger partial charge >= 0.3 is 0 Å². The van der Waals surface area contributed by atoms with Crippen molar-refractivity contribution in [3.05, 3.63) is 90.0 Å². The maximum atomic E-state index is 12.2. The summed E-state index contributed by atoms with van der Waals surface area (Å²) in [7, 11) is 1.62. The van der Waals surface area contributed by atoms with Crippen LogP contribution in [0.1, 0.15) is 15.9 Å². The second-order valence-electron chi connectivity index (χ2n) is 6.38. The molecule has 3 aromatic carbocycles. The van der Waals surface area contributed by atoms with Crippen LogP contribution in [0.5, 0.6) is 5.75 Å². The lowest BCUT2D eigenvalue weighted by molar-refractivity contribution is -0.119. The predicted octanol–water partition coefficient (Wildman–Crippen LogP) is 3.68. The van der Waals surface area contributed by atoms with Gasteiger partial charge in [-0.25, -0.2) is 0 Å². The zero-order chi connectivity index (χ0) is 20.5. The Labute approximate surface area is 169 Å². The van der Waals surface area contributed by atoms with Crippen molar-refractivity contribution < 1.29 is 14.3 Å². The summed E-state index contributed by atoms with van der Waals surface area (Å²) < 4.78 is 5.12. The first-order valence-electron chi connectivity index (χ1n) is 9.24. The number of hydrogen-bond acceptors (Lipinski definition) is 4. The Hall–Kier alpha value is -3.80. The molecule has 3 rings (SSSR count). The molecule has 0 aromatic heterocycles. The maximum Gasteiger partial charge on any atom is 0.255 e. The van der Waals surface area contributed by atoms with Crippen LogP contribution in [0.3, 0.4) is 0 Å². The van der Waals surface area contributed by atoms with Gasteiger partial charge in [-0.2, -0.15) is 0 Å². The summed E-state index contributed by atoms with van der Waals surface area (Å²) in [5.74, 6) is 0.473. The van der Waals surface area contributed by atoms with Gasteiger partial charge in [-0.1, -0.05) is 36.4 Å². The summed E-state index contributed by atoms with van der Waals surface area (Å²) in [6.45, 7) is 0.573. The molecule has 6 nitrogen and oxygen atoms in total. The van der Waals surface area contributed by atoms with Crippen molar-refractivity contribution in [3.63, 3.8) is 0 Å². The van der Waals surface area contributed by atoms with Gasteiger partial charge in [-0.15, -0.1) is 0 Å².